The van der Waals surface area contributed by atoms with Crippen LogP contribution in [0.5, 0.6) is 0 Å². The van der Waals surface area contributed by atoms with Crippen LogP contribution in [0.25, 0.3) is 0 Å². The number of benzene rings is 1. The summed E-state index contributed by atoms with van der Waals surface area (Å²) in [7, 11) is 1.67. The molecule has 6 nitrogen and oxygen atoms in total. The van der Waals surface area contributed by atoms with Gasteiger partial charge in [-0.1, -0.05) is 6.07 Å². The smallest absolute Gasteiger partial charge is 0.191 e. The van der Waals surface area contributed by atoms with Crippen LogP contribution < -0.4 is 15.5 Å². The van der Waals surface area contributed by atoms with Gasteiger partial charge in [-0.25, -0.2) is 13.8 Å². The Morgan fingerprint density at radius 2 is 2.14 bits per heavy atom. The molecule has 9 heteroatoms. The van der Waals surface area contributed by atoms with Gasteiger partial charge in [-0.2, -0.15) is 0 Å². The summed E-state index contributed by atoms with van der Waals surface area (Å²) in [5, 5.41) is 15.7. The monoisotopic (exact) mass is 503 g/mol. The fourth-order valence-electron chi connectivity index (χ4n) is 3.11. The van der Waals surface area contributed by atoms with Crippen LogP contribution in [0.2, 0.25) is 0 Å². The van der Waals surface area contributed by atoms with Crippen LogP contribution in [-0.2, 0) is 13.2 Å². The summed E-state index contributed by atoms with van der Waals surface area (Å²) in [5.41, 5.74) is 1.10. The van der Waals surface area contributed by atoms with Crippen molar-refractivity contribution in [1.29, 1.82) is 0 Å². The number of guanidine groups is 1. The zero-order valence-corrected chi connectivity index (χ0v) is 17.9. The molecule has 0 aliphatic carbocycles. The molecule has 1 aromatic heterocycles. The second-order valence-electron chi connectivity index (χ2n) is 6.39. The molecule has 1 atom stereocenters. The standard InChI is InChI=1S/C19H23F2N5O.HI/c1-22-19(24-10-13-4-5-16(20)14(9-13)12-27)25-15-6-8-26(11-15)18-17(21)3-2-7-23-18;/h2-5,7,9,15,27H,6,8,10-12H2,1H3,(H2,22,24,25);1H. The van der Waals surface area contributed by atoms with Crippen molar-refractivity contribution < 1.29 is 13.9 Å². The molecule has 2 aromatic rings. The van der Waals surface area contributed by atoms with E-state index in [9.17, 15) is 8.78 Å². The normalized spacial score (nSPS) is 16.6. The first-order chi connectivity index (χ1) is 13.1. The van der Waals surface area contributed by atoms with Gasteiger partial charge in [-0.3, -0.25) is 4.99 Å². The molecule has 3 N–H and O–H groups in total. The molecule has 152 valence electrons. The molecule has 1 saturated heterocycles. The van der Waals surface area contributed by atoms with Gasteiger partial charge in [0.15, 0.2) is 17.6 Å². The highest BCUT2D eigenvalue weighted by molar-refractivity contribution is 14.0. The van der Waals surface area contributed by atoms with Gasteiger partial charge in [-0.15, -0.1) is 24.0 Å². The van der Waals surface area contributed by atoms with Crippen molar-refractivity contribution >= 4 is 35.8 Å². The number of aliphatic imine (C=N–C) groups is 1. The highest BCUT2D eigenvalue weighted by atomic mass is 127. The van der Waals surface area contributed by atoms with Crippen LogP contribution in [0.1, 0.15) is 17.5 Å². The van der Waals surface area contributed by atoms with E-state index in [0.29, 0.717) is 31.4 Å². The van der Waals surface area contributed by atoms with E-state index in [1.165, 1.54) is 12.1 Å². The van der Waals surface area contributed by atoms with E-state index in [1.807, 2.05) is 4.90 Å². The predicted molar refractivity (Wildman–Crippen MR) is 116 cm³/mol. The molecular weight excluding hydrogens is 479 g/mol. The molecule has 0 spiro atoms. The molecule has 0 bridgehead atoms. The summed E-state index contributed by atoms with van der Waals surface area (Å²) >= 11 is 0. The zero-order chi connectivity index (χ0) is 19.2. The Morgan fingerprint density at radius 1 is 1.32 bits per heavy atom. The summed E-state index contributed by atoms with van der Waals surface area (Å²) in [4.78, 5) is 10.2. The minimum atomic E-state index is -0.420. The van der Waals surface area contributed by atoms with Crippen molar-refractivity contribution in [2.24, 2.45) is 4.99 Å². The summed E-state index contributed by atoms with van der Waals surface area (Å²) in [6.45, 7) is 1.44. The van der Waals surface area contributed by atoms with Gasteiger partial charge in [0.05, 0.1) is 6.61 Å². The predicted octanol–water partition coefficient (Wildman–Crippen LogP) is 2.41. The molecular formula is C19H24F2IN5O. The number of aliphatic hydroxyl groups excluding tert-OH is 1. The number of rotatable bonds is 5. The lowest BCUT2D eigenvalue weighted by atomic mass is 10.1. The number of aliphatic hydroxyl groups is 1. The lowest BCUT2D eigenvalue weighted by molar-refractivity contribution is 0.275. The van der Waals surface area contributed by atoms with E-state index in [1.54, 1.807) is 31.4 Å². The zero-order valence-electron chi connectivity index (χ0n) is 15.5. The number of halogens is 3. The van der Waals surface area contributed by atoms with Crippen LogP contribution in [-0.4, -0.2) is 42.2 Å². The Morgan fingerprint density at radius 3 is 2.86 bits per heavy atom. The molecule has 1 aliphatic rings. The minimum Gasteiger partial charge on any atom is -0.392 e. The fraction of sp³-hybridized carbons (Fsp3) is 0.368. The summed E-state index contributed by atoms with van der Waals surface area (Å²) < 4.78 is 27.3. The first-order valence-electron chi connectivity index (χ1n) is 8.81. The molecule has 28 heavy (non-hydrogen) atoms. The van der Waals surface area contributed by atoms with Crippen molar-refractivity contribution in [1.82, 2.24) is 15.6 Å². The van der Waals surface area contributed by atoms with Crippen LogP contribution in [0.15, 0.2) is 41.5 Å². The minimum absolute atomic E-state index is 0. The van der Waals surface area contributed by atoms with Crippen molar-refractivity contribution in [2.75, 3.05) is 25.0 Å². The van der Waals surface area contributed by atoms with E-state index >= 15 is 0 Å². The number of hydrogen-bond donors (Lipinski definition) is 3. The molecule has 1 fully saturated rings. The molecule has 0 saturated carbocycles. The number of nitrogens with one attached hydrogen (secondary N) is 2. The number of hydrogen-bond acceptors (Lipinski definition) is 4. The third kappa shape index (κ3) is 5.51. The number of anilines is 1. The first kappa shape index (κ1) is 22.3. The second-order valence-corrected chi connectivity index (χ2v) is 6.39. The summed E-state index contributed by atoms with van der Waals surface area (Å²) in [6, 6.07) is 7.72. The fourth-order valence-corrected chi connectivity index (χ4v) is 3.11. The van der Waals surface area contributed by atoms with Gasteiger partial charge in [0.25, 0.3) is 0 Å². The molecule has 0 amide bonds. The Kier molecular flexibility index (Phi) is 8.36. The highest BCUT2D eigenvalue weighted by Gasteiger charge is 2.25. The second kappa shape index (κ2) is 10.5. The number of nitrogens with zero attached hydrogens (tertiary/aromatic N) is 3. The van der Waals surface area contributed by atoms with Crippen molar-refractivity contribution in [3.63, 3.8) is 0 Å². The maximum Gasteiger partial charge on any atom is 0.191 e. The van der Waals surface area contributed by atoms with Crippen LogP contribution in [0.3, 0.4) is 0 Å². The van der Waals surface area contributed by atoms with E-state index in [-0.39, 0.29) is 48.0 Å². The first-order valence-corrected chi connectivity index (χ1v) is 8.81. The van der Waals surface area contributed by atoms with Crippen molar-refractivity contribution in [2.45, 2.75) is 25.6 Å². The van der Waals surface area contributed by atoms with E-state index in [2.05, 4.69) is 20.6 Å². The maximum atomic E-state index is 13.9. The highest BCUT2D eigenvalue weighted by Crippen LogP contribution is 2.20. The van der Waals surface area contributed by atoms with Crippen LogP contribution in [0.4, 0.5) is 14.6 Å². The summed E-state index contributed by atoms with van der Waals surface area (Å²) in [6.07, 6.45) is 2.42. The largest absolute Gasteiger partial charge is 0.392 e. The van der Waals surface area contributed by atoms with Gasteiger partial charge in [0, 0.05) is 44.5 Å². The van der Waals surface area contributed by atoms with E-state index in [0.717, 1.165) is 12.0 Å². The molecule has 3 rings (SSSR count). The quantitative estimate of drug-likeness (QED) is 0.332. The van der Waals surface area contributed by atoms with Gasteiger partial charge in [-0.05, 0) is 36.2 Å². The average Bonchev–Trinajstić information content (AvgIpc) is 3.14. The number of pyridine rings is 1. The van der Waals surface area contributed by atoms with E-state index in [4.69, 9.17) is 5.11 Å². The Bertz CT molecular complexity index is 821. The Hall–Kier alpha value is -2.01. The Balaban J connectivity index is 0.00000280. The lowest BCUT2D eigenvalue weighted by Gasteiger charge is -2.20. The topological polar surface area (TPSA) is 72.8 Å². The number of aromatic nitrogens is 1. The van der Waals surface area contributed by atoms with Gasteiger partial charge < -0.3 is 20.6 Å². The van der Waals surface area contributed by atoms with Gasteiger partial charge >= 0.3 is 0 Å². The third-order valence-electron chi connectivity index (χ3n) is 4.53. The van der Waals surface area contributed by atoms with Gasteiger partial charge in [0.1, 0.15) is 5.82 Å². The summed E-state index contributed by atoms with van der Waals surface area (Å²) in [5.74, 6) is 0.235. The van der Waals surface area contributed by atoms with Crippen molar-refractivity contribution in [3.05, 3.63) is 59.3 Å². The SMILES string of the molecule is CN=C(NCc1ccc(F)c(CO)c1)NC1CCN(c2ncccc2F)C1.I. The molecule has 1 aliphatic heterocycles. The molecule has 2 heterocycles. The Labute approximate surface area is 180 Å². The molecule has 1 aromatic carbocycles. The average molecular weight is 503 g/mol. The third-order valence-corrected chi connectivity index (χ3v) is 4.53. The van der Waals surface area contributed by atoms with E-state index < -0.39 is 5.82 Å². The van der Waals surface area contributed by atoms with Gasteiger partial charge in [0.2, 0.25) is 0 Å². The maximum absolute atomic E-state index is 13.9. The van der Waals surface area contributed by atoms with Crippen molar-refractivity contribution in [3.8, 4) is 0 Å². The lowest BCUT2D eigenvalue weighted by Crippen LogP contribution is -2.44. The van der Waals surface area contributed by atoms with Crippen LogP contribution >= 0.6 is 24.0 Å². The molecule has 1 unspecified atom stereocenters. The molecule has 0 radical (unpaired) electrons. The van der Waals surface area contributed by atoms with Crippen LogP contribution in [0, 0.1) is 11.6 Å².